The molecular weight excluding hydrogens is 272 g/mol. The first-order valence-corrected chi connectivity index (χ1v) is 8.73. The lowest BCUT2D eigenvalue weighted by Gasteiger charge is -2.39. The van der Waals surface area contributed by atoms with Crippen LogP contribution in [0.5, 0.6) is 0 Å². The molecule has 0 bridgehead atoms. The maximum Gasteiger partial charge on any atom is 0.0870 e. The van der Waals surface area contributed by atoms with Crippen LogP contribution in [-0.4, -0.2) is 54.2 Å². The molecule has 0 saturated carbocycles. The zero-order valence-corrected chi connectivity index (χ0v) is 14.5. The third-order valence-corrected chi connectivity index (χ3v) is 5.14. The van der Waals surface area contributed by atoms with E-state index in [0.29, 0.717) is 24.1 Å². The number of rotatable bonds is 4. The van der Waals surface area contributed by atoms with Crippen LogP contribution in [0.1, 0.15) is 44.7 Å². The van der Waals surface area contributed by atoms with Crippen LogP contribution in [0, 0.1) is 0 Å². The highest BCUT2D eigenvalue weighted by atomic mass is 16.5. The molecule has 2 heterocycles. The van der Waals surface area contributed by atoms with Gasteiger partial charge in [0.1, 0.15) is 0 Å². The highest BCUT2D eigenvalue weighted by Gasteiger charge is 2.40. The van der Waals surface area contributed by atoms with Crippen molar-refractivity contribution < 1.29 is 4.74 Å². The SMILES string of the molecule is CC(C)c1ccc(CN2C[C@@H]3OCCN(C(C)C)[C@@H]3C2)cc1. The van der Waals surface area contributed by atoms with Crippen LogP contribution in [-0.2, 0) is 11.3 Å². The summed E-state index contributed by atoms with van der Waals surface area (Å²) in [5.74, 6) is 0.608. The first kappa shape index (κ1) is 16.0. The van der Waals surface area contributed by atoms with E-state index in [1.807, 2.05) is 0 Å². The van der Waals surface area contributed by atoms with Crippen molar-refractivity contribution >= 4 is 0 Å². The average molecular weight is 302 g/mol. The lowest BCUT2D eigenvalue weighted by atomic mass is 10.0. The van der Waals surface area contributed by atoms with E-state index in [9.17, 15) is 0 Å². The average Bonchev–Trinajstić information content (AvgIpc) is 2.89. The number of hydrogen-bond donors (Lipinski definition) is 0. The smallest absolute Gasteiger partial charge is 0.0870 e. The van der Waals surface area contributed by atoms with E-state index in [4.69, 9.17) is 4.74 Å². The number of nitrogens with zero attached hydrogens (tertiary/aromatic N) is 2. The van der Waals surface area contributed by atoms with Crippen molar-refractivity contribution in [1.29, 1.82) is 0 Å². The standard InChI is InChI=1S/C19H30N2O/c1-14(2)17-7-5-16(6-8-17)11-20-12-18-19(13-20)22-10-9-21(18)15(3)4/h5-8,14-15,18-19H,9-13H2,1-4H3/t18-,19+/m1/s1. The van der Waals surface area contributed by atoms with E-state index in [-0.39, 0.29) is 0 Å². The van der Waals surface area contributed by atoms with E-state index in [1.54, 1.807) is 0 Å². The van der Waals surface area contributed by atoms with Gasteiger partial charge in [0, 0.05) is 32.2 Å². The second-order valence-corrected chi connectivity index (χ2v) is 7.40. The van der Waals surface area contributed by atoms with E-state index >= 15 is 0 Å². The maximum absolute atomic E-state index is 6.02. The molecule has 0 spiro atoms. The van der Waals surface area contributed by atoms with Crippen LogP contribution in [0.25, 0.3) is 0 Å². The van der Waals surface area contributed by atoms with Crippen LogP contribution >= 0.6 is 0 Å². The Morgan fingerprint density at radius 3 is 2.45 bits per heavy atom. The molecule has 2 aliphatic heterocycles. The lowest BCUT2D eigenvalue weighted by molar-refractivity contribution is -0.0583. The summed E-state index contributed by atoms with van der Waals surface area (Å²) < 4.78 is 6.02. The van der Waals surface area contributed by atoms with Crippen LogP contribution in [0.3, 0.4) is 0 Å². The Hall–Kier alpha value is -0.900. The molecule has 2 aliphatic rings. The van der Waals surface area contributed by atoms with Gasteiger partial charge in [0.2, 0.25) is 0 Å². The van der Waals surface area contributed by atoms with E-state index < -0.39 is 0 Å². The molecule has 2 atom stereocenters. The highest BCUT2D eigenvalue weighted by molar-refractivity contribution is 5.24. The summed E-state index contributed by atoms with van der Waals surface area (Å²) >= 11 is 0. The van der Waals surface area contributed by atoms with Gasteiger partial charge < -0.3 is 4.74 Å². The molecule has 0 radical (unpaired) electrons. The minimum Gasteiger partial charge on any atom is -0.374 e. The second-order valence-electron chi connectivity index (χ2n) is 7.40. The van der Waals surface area contributed by atoms with Crippen LogP contribution in [0.4, 0.5) is 0 Å². The number of benzene rings is 1. The maximum atomic E-state index is 6.02. The Morgan fingerprint density at radius 1 is 1.09 bits per heavy atom. The summed E-state index contributed by atoms with van der Waals surface area (Å²) in [6.07, 6.45) is 0.395. The number of likely N-dealkylation sites (tertiary alicyclic amines) is 1. The van der Waals surface area contributed by atoms with Gasteiger partial charge in [-0.1, -0.05) is 38.1 Å². The van der Waals surface area contributed by atoms with Crippen molar-refractivity contribution in [2.75, 3.05) is 26.2 Å². The molecule has 2 saturated heterocycles. The quantitative estimate of drug-likeness (QED) is 0.850. The van der Waals surface area contributed by atoms with Crippen molar-refractivity contribution in [3.63, 3.8) is 0 Å². The minimum atomic E-state index is 0.395. The van der Waals surface area contributed by atoms with Crippen LogP contribution < -0.4 is 0 Å². The monoisotopic (exact) mass is 302 g/mol. The molecule has 2 fully saturated rings. The van der Waals surface area contributed by atoms with Crippen molar-refractivity contribution in [2.45, 2.75) is 58.3 Å². The van der Waals surface area contributed by atoms with Crippen molar-refractivity contribution in [1.82, 2.24) is 9.80 Å². The zero-order valence-electron chi connectivity index (χ0n) is 14.5. The van der Waals surface area contributed by atoms with Gasteiger partial charge >= 0.3 is 0 Å². The van der Waals surface area contributed by atoms with Gasteiger partial charge in [-0.05, 0) is 30.9 Å². The molecule has 0 aromatic heterocycles. The summed E-state index contributed by atoms with van der Waals surface area (Å²) in [7, 11) is 0. The molecule has 0 aliphatic carbocycles. The molecule has 0 N–H and O–H groups in total. The summed E-state index contributed by atoms with van der Waals surface area (Å²) in [5, 5.41) is 0. The van der Waals surface area contributed by atoms with Gasteiger partial charge in [-0.2, -0.15) is 0 Å². The first-order valence-electron chi connectivity index (χ1n) is 8.73. The normalized spacial score (nSPS) is 26.8. The number of morpholine rings is 1. The molecule has 3 rings (SSSR count). The van der Waals surface area contributed by atoms with Gasteiger partial charge in [0.15, 0.2) is 0 Å². The van der Waals surface area contributed by atoms with Gasteiger partial charge in [-0.25, -0.2) is 0 Å². The van der Waals surface area contributed by atoms with Gasteiger partial charge in [-0.3, -0.25) is 9.80 Å². The molecule has 3 heteroatoms. The summed E-state index contributed by atoms with van der Waals surface area (Å²) in [6, 6.07) is 10.3. The fourth-order valence-electron chi connectivity index (χ4n) is 3.83. The Labute approximate surface area is 135 Å². The Kier molecular flexibility index (Phi) is 4.86. The number of ether oxygens (including phenoxy) is 1. The molecule has 1 aromatic rings. The summed E-state index contributed by atoms with van der Waals surface area (Å²) in [6.45, 7) is 14.3. The fraction of sp³-hybridized carbons (Fsp3) is 0.684. The minimum absolute atomic E-state index is 0.395. The van der Waals surface area contributed by atoms with Gasteiger partial charge in [0.05, 0.1) is 18.8 Å². The van der Waals surface area contributed by atoms with E-state index in [0.717, 1.165) is 32.8 Å². The zero-order chi connectivity index (χ0) is 15.7. The third-order valence-electron chi connectivity index (χ3n) is 5.14. The largest absolute Gasteiger partial charge is 0.374 e. The number of fused-ring (bicyclic) bond motifs is 1. The van der Waals surface area contributed by atoms with E-state index in [2.05, 4.69) is 61.8 Å². The van der Waals surface area contributed by atoms with Crippen LogP contribution in [0.15, 0.2) is 24.3 Å². The molecule has 22 heavy (non-hydrogen) atoms. The Balaban J connectivity index is 1.62. The first-order chi connectivity index (χ1) is 10.5. The second kappa shape index (κ2) is 6.69. The van der Waals surface area contributed by atoms with Gasteiger partial charge in [-0.15, -0.1) is 0 Å². The van der Waals surface area contributed by atoms with Crippen molar-refractivity contribution in [2.24, 2.45) is 0 Å². The molecule has 0 amide bonds. The molecular formula is C19H30N2O. The van der Waals surface area contributed by atoms with Gasteiger partial charge in [0.25, 0.3) is 0 Å². The molecule has 3 nitrogen and oxygen atoms in total. The lowest BCUT2D eigenvalue weighted by Crippen LogP contribution is -2.53. The van der Waals surface area contributed by atoms with Crippen LogP contribution in [0.2, 0.25) is 0 Å². The molecule has 122 valence electrons. The molecule has 1 aromatic carbocycles. The summed E-state index contributed by atoms with van der Waals surface area (Å²) in [4.78, 5) is 5.18. The highest BCUT2D eigenvalue weighted by Crippen LogP contribution is 2.26. The van der Waals surface area contributed by atoms with Crippen molar-refractivity contribution in [3.05, 3.63) is 35.4 Å². The topological polar surface area (TPSA) is 15.7 Å². The number of hydrogen-bond acceptors (Lipinski definition) is 3. The van der Waals surface area contributed by atoms with Crippen molar-refractivity contribution in [3.8, 4) is 0 Å². The Morgan fingerprint density at radius 2 is 1.82 bits per heavy atom. The third kappa shape index (κ3) is 3.37. The summed E-state index contributed by atoms with van der Waals surface area (Å²) in [5.41, 5.74) is 2.84. The predicted molar refractivity (Wildman–Crippen MR) is 91.2 cm³/mol. The van der Waals surface area contributed by atoms with E-state index in [1.165, 1.54) is 11.1 Å². The predicted octanol–water partition coefficient (Wildman–Crippen LogP) is 3.10. The Bertz CT molecular complexity index is 483. The molecule has 0 unspecified atom stereocenters. The fourth-order valence-corrected chi connectivity index (χ4v) is 3.83.